The van der Waals surface area contributed by atoms with Crippen LogP contribution in [0.2, 0.25) is 0 Å². The molecular formula is C24H28FN3O4. The number of hydrogen-bond donors (Lipinski definition) is 4. The number of benzene rings is 2. The minimum absolute atomic E-state index is 0.00625. The highest BCUT2D eigenvalue weighted by Gasteiger charge is 2.26. The first kappa shape index (κ1) is 23.5. The highest BCUT2D eigenvalue weighted by Crippen LogP contribution is 2.34. The van der Waals surface area contributed by atoms with Crippen molar-refractivity contribution in [3.05, 3.63) is 71.2 Å². The van der Waals surface area contributed by atoms with Gasteiger partial charge in [0.05, 0.1) is 19.3 Å². The summed E-state index contributed by atoms with van der Waals surface area (Å²) >= 11 is 0. The van der Waals surface area contributed by atoms with E-state index in [0.717, 1.165) is 5.57 Å². The zero-order valence-corrected chi connectivity index (χ0v) is 18.4. The van der Waals surface area contributed by atoms with Crippen LogP contribution < -0.4 is 15.4 Å². The molecular weight excluding hydrogens is 413 g/mol. The Morgan fingerprint density at radius 1 is 1.22 bits per heavy atom. The number of carbonyl (C=O) groups is 1. The molecule has 1 unspecified atom stereocenters. The van der Waals surface area contributed by atoms with E-state index in [-0.39, 0.29) is 17.9 Å². The van der Waals surface area contributed by atoms with E-state index >= 15 is 0 Å². The van der Waals surface area contributed by atoms with Crippen LogP contribution in [0.4, 0.5) is 10.1 Å². The summed E-state index contributed by atoms with van der Waals surface area (Å²) in [6, 6.07) is 10.2. The molecule has 0 saturated heterocycles. The minimum Gasteiger partial charge on any atom is -0.494 e. The molecule has 0 saturated carbocycles. The summed E-state index contributed by atoms with van der Waals surface area (Å²) < 4.78 is 19.9. The molecule has 170 valence electrons. The third-order valence-corrected chi connectivity index (χ3v) is 5.31. The van der Waals surface area contributed by atoms with Crippen molar-refractivity contribution in [2.75, 3.05) is 39.2 Å². The lowest BCUT2D eigenvalue weighted by molar-refractivity contribution is -0.114. The van der Waals surface area contributed by atoms with Crippen LogP contribution in [0.3, 0.4) is 0 Å². The van der Waals surface area contributed by atoms with Gasteiger partial charge in [0.15, 0.2) is 17.8 Å². The fourth-order valence-corrected chi connectivity index (χ4v) is 3.59. The second-order valence-corrected chi connectivity index (χ2v) is 7.50. The highest BCUT2D eigenvalue weighted by atomic mass is 19.1. The number of hydrogen-bond acceptors (Lipinski definition) is 6. The number of amides is 1. The number of nitrogens with zero attached hydrogens (tertiary/aromatic N) is 1. The molecule has 1 atom stereocenters. The molecule has 8 heteroatoms. The number of anilines is 1. The lowest BCUT2D eigenvalue weighted by Crippen LogP contribution is -2.38. The van der Waals surface area contributed by atoms with Crippen molar-refractivity contribution in [1.82, 2.24) is 10.2 Å². The van der Waals surface area contributed by atoms with Crippen molar-refractivity contribution in [3.63, 3.8) is 0 Å². The Morgan fingerprint density at radius 3 is 2.66 bits per heavy atom. The molecule has 0 bridgehead atoms. The highest BCUT2D eigenvalue weighted by molar-refractivity contribution is 6.05. The average Bonchev–Trinajstić information content (AvgIpc) is 2.78. The SMILES string of the molecule is COc1cccc(-c2cccc(NC(=O)C3=CC(CNCCO)=CN(C)C3O)c2C)c1F. The molecule has 1 aliphatic heterocycles. The zero-order valence-electron chi connectivity index (χ0n) is 18.4. The maximum atomic E-state index is 14.8. The van der Waals surface area contributed by atoms with Crippen LogP contribution in [0.25, 0.3) is 11.1 Å². The molecule has 0 spiro atoms. The predicted octanol–water partition coefficient (Wildman–Crippen LogP) is 2.40. The van der Waals surface area contributed by atoms with E-state index in [9.17, 15) is 14.3 Å². The predicted molar refractivity (Wildman–Crippen MR) is 122 cm³/mol. The van der Waals surface area contributed by atoms with Gasteiger partial charge in [-0.3, -0.25) is 4.79 Å². The van der Waals surface area contributed by atoms with Crippen molar-refractivity contribution < 1.29 is 24.1 Å². The van der Waals surface area contributed by atoms with E-state index in [2.05, 4.69) is 10.6 Å². The number of rotatable bonds is 8. The lowest BCUT2D eigenvalue weighted by Gasteiger charge is -2.29. The number of aliphatic hydroxyl groups is 2. The minimum atomic E-state index is -1.10. The molecule has 0 aliphatic carbocycles. The van der Waals surface area contributed by atoms with Gasteiger partial charge in [-0.05, 0) is 41.8 Å². The summed E-state index contributed by atoms with van der Waals surface area (Å²) in [6.07, 6.45) is 2.27. The Balaban J connectivity index is 1.87. The van der Waals surface area contributed by atoms with Gasteiger partial charge in [-0.15, -0.1) is 0 Å². The Hall–Kier alpha value is -3.20. The molecule has 4 N–H and O–H groups in total. The molecule has 7 nitrogen and oxygen atoms in total. The molecule has 2 aromatic carbocycles. The van der Waals surface area contributed by atoms with Crippen LogP contribution >= 0.6 is 0 Å². The van der Waals surface area contributed by atoms with Crippen molar-refractivity contribution in [2.24, 2.45) is 0 Å². The van der Waals surface area contributed by atoms with Crippen molar-refractivity contribution in [2.45, 2.75) is 13.2 Å². The zero-order chi connectivity index (χ0) is 23.3. The van der Waals surface area contributed by atoms with Crippen molar-refractivity contribution >= 4 is 11.6 Å². The molecule has 1 amide bonds. The topological polar surface area (TPSA) is 94.1 Å². The quantitative estimate of drug-likeness (QED) is 0.470. The third kappa shape index (κ3) is 4.99. The van der Waals surface area contributed by atoms with E-state index < -0.39 is 18.0 Å². The van der Waals surface area contributed by atoms with E-state index in [0.29, 0.717) is 35.5 Å². The van der Waals surface area contributed by atoms with Crippen LogP contribution in [0.1, 0.15) is 5.56 Å². The summed E-state index contributed by atoms with van der Waals surface area (Å²) in [5.41, 5.74) is 3.18. The number of ether oxygens (including phenoxy) is 1. The number of aliphatic hydroxyl groups excluding tert-OH is 2. The maximum Gasteiger partial charge on any atom is 0.256 e. The van der Waals surface area contributed by atoms with Gasteiger partial charge in [0.1, 0.15) is 0 Å². The van der Waals surface area contributed by atoms with E-state index in [1.807, 2.05) is 0 Å². The molecule has 0 fully saturated rings. The summed E-state index contributed by atoms with van der Waals surface area (Å²) in [5.74, 6) is -0.786. The monoisotopic (exact) mass is 441 g/mol. The Morgan fingerprint density at radius 2 is 1.94 bits per heavy atom. The van der Waals surface area contributed by atoms with Gasteiger partial charge in [0, 0.05) is 37.6 Å². The van der Waals surface area contributed by atoms with Gasteiger partial charge in [-0.25, -0.2) is 4.39 Å². The second-order valence-electron chi connectivity index (χ2n) is 7.50. The number of methoxy groups -OCH3 is 1. The molecule has 3 rings (SSSR count). The van der Waals surface area contributed by atoms with Gasteiger partial charge in [-0.2, -0.15) is 0 Å². The molecule has 1 heterocycles. The van der Waals surface area contributed by atoms with Crippen LogP contribution in [0.15, 0.2) is 59.8 Å². The Kier molecular flexibility index (Phi) is 7.63. The number of carbonyl (C=O) groups excluding carboxylic acids is 1. The first-order valence-electron chi connectivity index (χ1n) is 10.2. The number of halogens is 1. The standard InChI is InChI=1S/C24H28FN3O4/c1-15-17(18-7-5-9-21(32-3)22(18)25)6-4-8-20(15)27-23(30)19-12-16(13-26-10-11-29)14-28(2)24(19)31/h4-9,12,14,24,26,29,31H,10-11,13H2,1-3H3,(H,27,30). The van der Waals surface area contributed by atoms with Gasteiger partial charge in [0.25, 0.3) is 5.91 Å². The summed E-state index contributed by atoms with van der Waals surface area (Å²) in [4.78, 5) is 14.6. The van der Waals surface area contributed by atoms with Gasteiger partial charge < -0.3 is 30.5 Å². The van der Waals surface area contributed by atoms with Crippen LogP contribution in [0.5, 0.6) is 5.75 Å². The van der Waals surface area contributed by atoms with Crippen LogP contribution in [0, 0.1) is 12.7 Å². The third-order valence-electron chi connectivity index (χ3n) is 5.31. The average molecular weight is 442 g/mol. The fraction of sp³-hybridized carbons (Fsp3) is 0.292. The Bertz CT molecular complexity index is 1050. The maximum absolute atomic E-state index is 14.8. The van der Waals surface area contributed by atoms with Crippen molar-refractivity contribution in [1.29, 1.82) is 0 Å². The van der Waals surface area contributed by atoms with Gasteiger partial charge in [0.2, 0.25) is 0 Å². The fourth-order valence-electron chi connectivity index (χ4n) is 3.59. The second kappa shape index (κ2) is 10.4. The van der Waals surface area contributed by atoms with Crippen LogP contribution in [-0.2, 0) is 4.79 Å². The molecule has 2 aromatic rings. The summed E-state index contributed by atoms with van der Waals surface area (Å²) in [6.45, 7) is 2.67. The number of nitrogens with one attached hydrogen (secondary N) is 2. The molecule has 0 aromatic heterocycles. The number of likely N-dealkylation sites (N-methyl/N-ethyl adjacent to an activating group) is 1. The largest absolute Gasteiger partial charge is 0.494 e. The normalized spacial score (nSPS) is 15.8. The Labute approximate surface area is 186 Å². The molecule has 1 aliphatic rings. The van der Waals surface area contributed by atoms with E-state index in [1.165, 1.54) is 7.11 Å². The molecule has 0 radical (unpaired) electrons. The summed E-state index contributed by atoms with van der Waals surface area (Å²) in [7, 11) is 3.09. The van der Waals surface area contributed by atoms with E-state index in [1.54, 1.807) is 67.5 Å². The first-order chi connectivity index (χ1) is 15.4. The smallest absolute Gasteiger partial charge is 0.256 e. The van der Waals surface area contributed by atoms with Crippen LogP contribution in [-0.4, -0.2) is 61.1 Å². The summed E-state index contributed by atoms with van der Waals surface area (Å²) in [5, 5.41) is 25.3. The lowest BCUT2D eigenvalue weighted by atomic mass is 9.98. The molecule has 32 heavy (non-hydrogen) atoms. The van der Waals surface area contributed by atoms with E-state index in [4.69, 9.17) is 9.84 Å². The van der Waals surface area contributed by atoms with Gasteiger partial charge >= 0.3 is 0 Å². The van der Waals surface area contributed by atoms with Gasteiger partial charge in [-0.1, -0.05) is 24.3 Å². The van der Waals surface area contributed by atoms with Crippen molar-refractivity contribution in [3.8, 4) is 16.9 Å². The first-order valence-corrected chi connectivity index (χ1v) is 10.2.